The van der Waals surface area contributed by atoms with Crippen molar-refractivity contribution in [3.63, 3.8) is 0 Å². The number of rotatable bonds is 4. The van der Waals surface area contributed by atoms with Crippen molar-refractivity contribution in [3.8, 4) is 16.9 Å². The van der Waals surface area contributed by atoms with Gasteiger partial charge in [0.1, 0.15) is 5.75 Å². The highest BCUT2D eigenvalue weighted by Gasteiger charge is 2.30. The van der Waals surface area contributed by atoms with E-state index in [1.807, 2.05) is 6.92 Å². The van der Waals surface area contributed by atoms with Gasteiger partial charge >= 0.3 is 6.36 Å². The molecule has 0 saturated heterocycles. The molecule has 20 heavy (non-hydrogen) atoms. The van der Waals surface area contributed by atoms with Gasteiger partial charge in [0.25, 0.3) is 0 Å². The van der Waals surface area contributed by atoms with Crippen molar-refractivity contribution in [2.75, 3.05) is 5.75 Å². The minimum absolute atomic E-state index is 0.250. The molecule has 0 N–H and O–H groups in total. The molecule has 0 atom stereocenters. The maximum absolute atomic E-state index is 12.0. The van der Waals surface area contributed by atoms with Crippen LogP contribution >= 0.6 is 11.8 Å². The molecule has 2 rings (SSSR count). The van der Waals surface area contributed by atoms with E-state index in [-0.39, 0.29) is 5.75 Å². The first kappa shape index (κ1) is 14.6. The highest BCUT2D eigenvalue weighted by molar-refractivity contribution is 7.99. The van der Waals surface area contributed by atoms with Gasteiger partial charge in [-0.2, -0.15) is 0 Å². The number of halogens is 3. The van der Waals surface area contributed by atoms with Gasteiger partial charge < -0.3 is 4.74 Å². The first-order valence-corrected chi connectivity index (χ1v) is 6.77. The third-order valence-corrected chi connectivity index (χ3v) is 3.08. The lowest BCUT2D eigenvalue weighted by Crippen LogP contribution is -2.16. The van der Waals surface area contributed by atoms with Gasteiger partial charge in [0.2, 0.25) is 0 Å². The number of hydrogen-bond acceptors (Lipinski definition) is 4. The second-order valence-electron chi connectivity index (χ2n) is 3.76. The topological polar surface area (TPSA) is 35.0 Å². The fraction of sp³-hybridized carbons (Fsp3) is 0.231. The summed E-state index contributed by atoms with van der Waals surface area (Å²) in [6.45, 7) is 2.00. The Morgan fingerprint density at radius 3 is 2.15 bits per heavy atom. The predicted molar refractivity (Wildman–Crippen MR) is 70.5 cm³/mol. The van der Waals surface area contributed by atoms with Gasteiger partial charge in [-0.1, -0.05) is 30.8 Å². The number of ether oxygens (including phenoxy) is 1. The lowest BCUT2D eigenvalue weighted by atomic mass is 10.1. The average molecular weight is 300 g/mol. The number of alkyl halides is 3. The lowest BCUT2D eigenvalue weighted by Gasteiger charge is -2.09. The highest BCUT2D eigenvalue weighted by Crippen LogP contribution is 2.26. The molecule has 0 radical (unpaired) electrons. The van der Waals surface area contributed by atoms with E-state index in [2.05, 4.69) is 14.7 Å². The van der Waals surface area contributed by atoms with Gasteiger partial charge in [-0.25, -0.2) is 9.97 Å². The van der Waals surface area contributed by atoms with Crippen LogP contribution in [0.25, 0.3) is 11.1 Å². The van der Waals surface area contributed by atoms with Gasteiger partial charge in [-0.3, -0.25) is 0 Å². The van der Waals surface area contributed by atoms with Crippen LogP contribution in [0.5, 0.6) is 5.75 Å². The van der Waals surface area contributed by atoms with Crippen molar-refractivity contribution in [2.45, 2.75) is 18.4 Å². The van der Waals surface area contributed by atoms with E-state index in [0.29, 0.717) is 5.16 Å². The van der Waals surface area contributed by atoms with Gasteiger partial charge in [0, 0.05) is 18.0 Å². The molecule has 7 heteroatoms. The number of benzene rings is 1. The van der Waals surface area contributed by atoms with E-state index >= 15 is 0 Å². The van der Waals surface area contributed by atoms with E-state index < -0.39 is 6.36 Å². The number of hydrogen-bond donors (Lipinski definition) is 0. The van der Waals surface area contributed by atoms with E-state index in [1.54, 1.807) is 12.4 Å². The molecule has 0 amide bonds. The second-order valence-corrected chi connectivity index (χ2v) is 4.99. The van der Waals surface area contributed by atoms with Crippen LogP contribution in [-0.2, 0) is 0 Å². The molecule has 1 aromatic carbocycles. The van der Waals surface area contributed by atoms with Crippen LogP contribution in [0.3, 0.4) is 0 Å². The molecule has 106 valence electrons. The summed E-state index contributed by atoms with van der Waals surface area (Å²) in [7, 11) is 0. The Labute approximate surface area is 118 Å². The molecule has 0 unspecified atom stereocenters. The summed E-state index contributed by atoms with van der Waals surface area (Å²) in [5, 5.41) is 0.674. The molecule has 0 spiro atoms. The molecule has 2 aromatic rings. The first-order valence-electron chi connectivity index (χ1n) is 5.79. The molecule has 0 aliphatic rings. The number of nitrogens with zero attached hydrogens (tertiary/aromatic N) is 2. The fourth-order valence-corrected chi connectivity index (χ4v) is 2.03. The monoisotopic (exact) mass is 300 g/mol. The van der Waals surface area contributed by atoms with Crippen LogP contribution < -0.4 is 4.74 Å². The zero-order chi connectivity index (χ0) is 14.6. The maximum Gasteiger partial charge on any atom is 0.573 e. The minimum Gasteiger partial charge on any atom is -0.406 e. The first-order chi connectivity index (χ1) is 9.48. The fourth-order valence-electron chi connectivity index (χ4n) is 1.52. The molecule has 0 aliphatic carbocycles. The van der Waals surface area contributed by atoms with E-state index in [4.69, 9.17) is 0 Å². The van der Waals surface area contributed by atoms with Crippen molar-refractivity contribution in [2.24, 2.45) is 0 Å². The SMILES string of the molecule is CCSc1ncc(-c2ccc(OC(F)(F)F)cc2)cn1. The van der Waals surface area contributed by atoms with Gasteiger partial charge in [0.15, 0.2) is 5.16 Å². The molecule has 0 aliphatic heterocycles. The van der Waals surface area contributed by atoms with E-state index in [0.717, 1.165) is 16.9 Å². The van der Waals surface area contributed by atoms with E-state index in [1.165, 1.54) is 36.0 Å². The number of aromatic nitrogens is 2. The summed E-state index contributed by atoms with van der Waals surface area (Å²) < 4.78 is 39.9. The van der Waals surface area contributed by atoms with Crippen molar-refractivity contribution >= 4 is 11.8 Å². The van der Waals surface area contributed by atoms with E-state index in [9.17, 15) is 13.2 Å². The summed E-state index contributed by atoms with van der Waals surface area (Å²) in [5.41, 5.74) is 1.47. The Kier molecular flexibility index (Phi) is 4.49. The third kappa shape index (κ3) is 4.12. The second kappa shape index (κ2) is 6.13. The molecular weight excluding hydrogens is 289 g/mol. The molecule has 0 saturated carbocycles. The smallest absolute Gasteiger partial charge is 0.406 e. The Morgan fingerprint density at radius 2 is 1.65 bits per heavy atom. The molecule has 0 bridgehead atoms. The molecular formula is C13H11F3N2OS. The number of thioether (sulfide) groups is 1. The van der Waals surface area contributed by atoms with Crippen molar-refractivity contribution in [1.82, 2.24) is 9.97 Å². The normalized spacial score (nSPS) is 11.4. The van der Waals surface area contributed by atoms with Gasteiger partial charge in [0.05, 0.1) is 0 Å². The average Bonchev–Trinajstić information content (AvgIpc) is 2.39. The van der Waals surface area contributed by atoms with Gasteiger partial charge in [-0.15, -0.1) is 13.2 Å². The van der Waals surface area contributed by atoms with Crippen molar-refractivity contribution in [1.29, 1.82) is 0 Å². The minimum atomic E-state index is -4.68. The summed E-state index contributed by atoms with van der Waals surface area (Å²) in [5.74, 6) is 0.628. The summed E-state index contributed by atoms with van der Waals surface area (Å²) in [6.07, 6.45) is -1.39. The van der Waals surface area contributed by atoms with Crippen molar-refractivity contribution in [3.05, 3.63) is 36.7 Å². The van der Waals surface area contributed by atoms with Crippen LogP contribution in [0.15, 0.2) is 41.8 Å². The Bertz CT molecular complexity index is 555. The zero-order valence-corrected chi connectivity index (χ0v) is 11.3. The Hall–Kier alpha value is -1.76. The molecule has 1 heterocycles. The maximum atomic E-state index is 12.0. The third-order valence-electron chi connectivity index (χ3n) is 2.32. The Balaban J connectivity index is 2.13. The van der Waals surface area contributed by atoms with Crippen LogP contribution in [0, 0.1) is 0 Å². The van der Waals surface area contributed by atoms with Crippen LogP contribution in [0.4, 0.5) is 13.2 Å². The molecule has 0 fully saturated rings. The quantitative estimate of drug-likeness (QED) is 0.627. The predicted octanol–water partition coefficient (Wildman–Crippen LogP) is 4.15. The van der Waals surface area contributed by atoms with Crippen LogP contribution in [0.1, 0.15) is 6.92 Å². The van der Waals surface area contributed by atoms with Crippen molar-refractivity contribution < 1.29 is 17.9 Å². The molecule has 1 aromatic heterocycles. The summed E-state index contributed by atoms with van der Waals surface area (Å²) in [6, 6.07) is 5.59. The van der Waals surface area contributed by atoms with Crippen LogP contribution in [0.2, 0.25) is 0 Å². The molecule has 3 nitrogen and oxygen atoms in total. The zero-order valence-electron chi connectivity index (χ0n) is 10.5. The van der Waals surface area contributed by atoms with Crippen LogP contribution in [-0.4, -0.2) is 22.1 Å². The summed E-state index contributed by atoms with van der Waals surface area (Å²) in [4.78, 5) is 8.33. The van der Waals surface area contributed by atoms with Gasteiger partial charge in [-0.05, 0) is 23.4 Å². The largest absolute Gasteiger partial charge is 0.573 e. The standard InChI is InChI=1S/C13H11F3N2OS/c1-2-20-12-17-7-10(8-18-12)9-3-5-11(6-4-9)19-13(14,15)16/h3-8H,2H2,1H3. The highest BCUT2D eigenvalue weighted by atomic mass is 32.2. The Morgan fingerprint density at radius 1 is 1.05 bits per heavy atom. The lowest BCUT2D eigenvalue weighted by molar-refractivity contribution is -0.274. The summed E-state index contributed by atoms with van der Waals surface area (Å²) >= 11 is 1.52.